The van der Waals surface area contributed by atoms with E-state index in [1.165, 1.54) is 5.56 Å². The first-order valence-electron chi connectivity index (χ1n) is 11.8. The molecule has 0 spiro atoms. The molecule has 7 nitrogen and oxygen atoms in total. The molecule has 1 aromatic heterocycles. The van der Waals surface area contributed by atoms with Gasteiger partial charge in [0, 0.05) is 30.7 Å². The lowest BCUT2D eigenvalue weighted by Gasteiger charge is -2.21. The summed E-state index contributed by atoms with van der Waals surface area (Å²) in [6.07, 6.45) is 2.25. The van der Waals surface area contributed by atoms with Gasteiger partial charge in [0.15, 0.2) is 5.82 Å². The van der Waals surface area contributed by atoms with Crippen LogP contribution in [0, 0.1) is 5.92 Å². The minimum absolute atomic E-state index is 0.102. The van der Waals surface area contributed by atoms with Crippen molar-refractivity contribution in [1.29, 1.82) is 0 Å². The van der Waals surface area contributed by atoms with E-state index in [-0.39, 0.29) is 23.8 Å². The lowest BCUT2D eigenvalue weighted by atomic mass is 10.0. The summed E-state index contributed by atoms with van der Waals surface area (Å²) in [6.45, 7) is 8.54. The minimum atomic E-state index is -0.391. The first-order chi connectivity index (χ1) is 16.2. The predicted octanol–water partition coefficient (Wildman–Crippen LogP) is 4.74. The zero-order valence-electron chi connectivity index (χ0n) is 20.2. The first-order valence-corrected chi connectivity index (χ1v) is 11.8. The van der Waals surface area contributed by atoms with Crippen LogP contribution >= 0.6 is 0 Å². The van der Waals surface area contributed by atoms with Gasteiger partial charge in [0.1, 0.15) is 11.4 Å². The Bertz CT molecular complexity index is 1190. The number of carbonyl (C=O) groups excluding carboxylic acids is 2. The molecule has 2 amide bonds. The Labute approximate surface area is 200 Å². The molecule has 7 heteroatoms. The molecule has 1 aliphatic heterocycles. The van der Waals surface area contributed by atoms with Crippen LogP contribution in [0.5, 0.6) is 5.75 Å². The van der Waals surface area contributed by atoms with Crippen LogP contribution in [0.1, 0.15) is 46.1 Å². The second kappa shape index (κ2) is 9.71. The molecule has 34 heavy (non-hydrogen) atoms. The molecule has 1 fully saturated rings. The molecule has 0 saturated carbocycles. The SMILES string of the molecule is CCCc1cccc(-c2cc(NC(=O)[C@@H]3CNC(=O)C3)nn2-c2cccc(OC(C)(C)C)c2)c1. The second-order valence-corrected chi connectivity index (χ2v) is 9.68. The quantitative estimate of drug-likeness (QED) is 0.533. The first kappa shape index (κ1) is 23.5. The van der Waals surface area contributed by atoms with Gasteiger partial charge in [0.05, 0.1) is 17.3 Å². The van der Waals surface area contributed by atoms with Crippen LogP contribution in [-0.2, 0) is 16.0 Å². The van der Waals surface area contributed by atoms with Gasteiger partial charge in [-0.25, -0.2) is 4.68 Å². The molecule has 3 aromatic rings. The average Bonchev–Trinajstić information content (AvgIpc) is 3.40. The summed E-state index contributed by atoms with van der Waals surface area (Å²) in [6, 6.07) is 18.0. The maximum Gasteiger partial charge on any atom is 0.230 e. The fourth-order valence-electron chi connectivity index (χ4n) is 4.07. The normalized spacial score (nSPS) is 15.8. The Kier molecular flexibility index (Phi) is 6.72. The third-order valence-electron chi connectivity index (χ3n) is 5.56. The van der Waals surface area contributed by atoms with E-state index in [2.05, 4.69) is 29.7 Å². The van der Waals surface area contributed by atoms with Crippen molar-refractivity contribution >= 4 is 17.6 Å². The van der Waals surface area contributed by atoms with E-state index in [0.717, 1.165) is 35.5 Å². The maximum atomic E-state index is 12.7. The van der Waals surface area contributed by atoms with E-state index in [1.54, 1.807) is 0 Å². The molecule has 1 atom stereocenters. The van der Waals surface area contributed by atoms with Crippen LogP contribution in [0.25, 0.3) is 16.9 Å². The van der Waals surface area contributed by atoms with Crippen molar-refractivity contribution in [3.8, 4) is 22.7 Å². The van der Waals surface area contributed by atoms with Crippen molar-refractivity contribution in [2.75, 3.05) is 11.9 Å². The van der Waals surface area contributed by atoms with Gasteiger partial charge in [-0.05, 0) is 51.0 Å². The summed E-state index contributed by atoms with van der Waals surface area (Å²) in [4.78, 5) is 24.3. The minimum Gasteiger partial charge on any atom is -0.488 e. The number of nitrogens with zero attached hydrogens (tertiary/aromatic N) is 2. The van der Waals surface area contributed by atoms with Crippen molar-refractivity contribution in [1.82, 2.24) is 15.1 Å². The number of hydrogen-bond acceptors (Lipinski definition) is 4. The van der Waals surface area contributed by atoms with Crippen molar-refractivity contribution in [3.63, 3.8) is 0 Å². The maximum absolute atomic E-state index is 12.7. The van der Waals surface area contributed by atoms with E-state index >= 15 is 0 Å². The average molecular weight is 461 g/mol. The van der Waals surface area contributed by atoms with Gasteiger partial charge in [-0.2, -0.15) is 0 Å². The number of rotatable bonds is 7. The van der Waals surface area contributed by atoms with Gasteiger partial charge < -0.3 is 15.4 Å². The zero-order valence-corrected chi connectivity index (χ0v) is 20.2. The van der Waals surface area contributed by atoms with Gasteiger partial charge in [0.2, 0.25) is 11.8 Å². The van der Waals surface area contributed by atoms with Crippen molar-refractivity contribution in [2.45, 2.75) is 52.6 Å². The molecule has 1 saturated heterocycles. The van der Waals surface area contributed by atoms with Crippen LogP contribution in [0.4, 0.5) is 5.82 Å². The molecule has 178 valence electrons. The zero-order chi connectivity index (χ0) is 24.3. The molecule has 0 unspecified atom stereocenters. The molecular weight excluding hydrogens is 428 g/mol. The monoisotopic (exact) mass is 460 g/mol. The van der Waals surface area contributed by atoms with Crippen LogP contribution < -0.4 is 15.4 Å². The molecule has 1 aliphatic rings. The van der Waals surface area contributed by atoms with Crippen molar-refractivity contribution < 1.29 is 14.3 Å². The number of aromatic nitrogens is 2. The number of anilines is 1. The highest BCUT2D eigenvalue weighted by Gasteiger charge is 2.28. The number of carbonyl (C=O) groups is 2. The summed E-state index contributed by atoms with van der Waals surface area (Å²) < 4.78 is 7.89. The number of ether oxygens (including phenoxy) is 1. The summed E-state index contributed by atoms with van der Waals surface area (Å²) in [5.41, 5.74) is 3.63. The number of nitrogens with one attached hydrogen (secondary N) is 2. The molecule has 2 N–H and O–H groups in total. The molecule has 4 rings (SSSR count). The van der Waals surface area contributed by atoms with Crippen molar-refractivity contribution in [2.24, 2.45) is 5.92 Å². The Hall–Kier alpha value is -3.61. The van der Waals surface area contributed by atoms with E-state index in [9.17, 15) is 9.59 Å². The second-order valence-electron chi connectivity index (χ2n) is 9.68. The van der Waals surface area contributed by atoms with E-state index < -0.39 is 5.92 Å². The molecular formula is C27H32N4O3. The molecule has 2 heterocycles. The van der Waals surface area contributed by atoms with E-state index in [4.69, 9.17) is 9.84 Å². The van der Waals surface area contributed by atoms with Crippen molar-refractivity contribution in [3.05, 3.63) is 60.2 Å². The Morgan fingerprint density at radius 1 is 1.18 bits per heavy atom. The predicted molar refractivity (Wildman–Crippen MR) is 133 cm³/mol. The number of benzene rings is 2. The topological polar surface area (TPSA) is 85.3 Å². The Balaban J connectivity index is 1.72. The van der Waals surface area contributed by atoms with Gasteiger partial charge >= 0.3 is 0 Å². The van der Waals surface area contributed by atoms with Gasteiger partial charge in [-0.1, -0.05) is 37.6 Å². The third kappa shape index (κ3) is 5.65. The van der Waals surface area contributed by atoms with E-state index in [0.29, 0.717) is 12.4 Å². The summed E-state index contributed by atoms with van der Waals surface area (Å²) in [5, 5.41) is 10.3. The number of aryl methyl sites for hydroxylation is 1. The summed E-state index contributed by atoms with van der Waals surface area (Å²) in [5.74, 6) is 0.487. The largest absolute Gasteiger partial charge is 0.488 e. The van der Waals surface area contributed by atoms with E-state index in [1.807, 2.05) is 67.9 Å². The van der Waals surface area contributed by atoms with Crippen LogP contribution in [-0.4, -0.2) is 33.7 Å². The highest BCUT2D eigenvalue weighted by Crippen LogP contribution is 2.29. The molecule has 0 radical (unpaired) electrons. The van der Waals surface area contributed by atoms with Gasteiger partial charge in [-0.15, -0.1) is 5.10 Å². The van der Waals surface area contributed by atoms with Gasteiger partial charge in [-0.3, -0.25) is 9.59 Å². The lowest BCUT2D eigenvalue weighted by Crippen LogP contribution is -2.24. The number of hydrogen-bond donors (Lipinski definition) is 2. The van der Waals surface area contributed by atoms with Crippen LogP contribution in [0.3, 0.4) is 0 Å². The standard InChI is InChI=1S/C27H32N4O3/c1-5-8-18-9-6-10-19(13-18)23-16-24(29-26(33)20-14-25(32)28-17-20)30-31(23)21-11-7-12-22(15-21)34-27(2,3)4/h6-7,9-13,15-16,20H,5,8,14,17H2,1-4H3,(H,28,32)(H,29,30,33)/t20-/m0/s1. The summed E-state index contributed by atoms with van der Waals surface area (Å²) in [7, 11) is 0. The Morgan fingerprint density at radius 3 is 2.68 bits per heavy atom. The highest BCUT2D eigenvalue weighted by atomic mass is 16.5. The fraction of sp³-hybridized carbons (Fsp3) is 0.370. The highest BCUT2D eigenvalue weighted by molar-refractivity contribution is 5.97. The van der Waals surface area contributed by atoms with Gasteiger partial charge in [0.25, 0.3) is 0 Å². The molecule has 2 aromatic carbocycles. The summed E-state index contributed by atoms with van der Waals surface area (Å²) >= 11 is 0. The Morgan fingerprint density at radius 2 is 1.97 bits per heavy atom. The third-order valence-corrected chi connectivity index (χ3v) is 5.56. The van der Waals surface area contributed by atoms with Crippen LogP contribution in [0.2, 0.25) is 0 Å². The lowest BCUT2D eigenvalue weighted by molar-refractivity contribution is -0.123. The fourth-order valence-corrected chi connectivity index (χ4v) is 4.07. The van der Waals surface area contributed by atoms with Crippen LogP contribution in [0.15, 0.2) is 54.6 Å². The number of amides is 2. The molecule has 0 bridgehead atoms. The smallest absolute Gasteiger partial charge is 0.230 e. The molecule has 0 aliphatic carbocycles.